The van der Waals surface area contributed by atoms with Crippen LogP contribution in [0.4, 0.5) is 5.69 Å². The maximum absolute atomic E-state index is 12.8. The number of amides is 1. The summed E-state index contributed by atoms with van der Waals surface area (Å²) in [5.41, 5.74) is 4.84. The number of hydrogen-bond acceptors (Lipinski definition) is 4. The zero-order valence-corrected chi connectivity index (χ0v) is 15.8. The first kappa shape index (κ1) is 17.7. The predicted molar refractivity (Wildman–Crippen MR) is 97.6 cm³/mol. The molecule has 1 saturated heterocycles. The Kier molecular flexibility index (Phi) is 4.94. The molecule has 2 aromatic heterocycles. The number of carbonyl (C=O) groups is 1. The zero-order chi connectivity index (χ0) is 18.1. The topological polar surface area (TPSA) is 78.8 Å². The lowest BCUT2D eigenvalue weighted by atomic mass is 9.93. The van der Waals surface area contributed by atoms with E-state index in [1.807, 2.05) is 34.7 Å². The van der Waals surface area contributed by atoms with E-state index in [0.717, 1.165) is 54.4 Å². The van der Waals surface area contributed by atoms with Crippen LogP contribution in [0, 0.1) is 20.8 Å². The van der Waals surface area contributed by atoms with Gasteiger partial charge < -0.3 is 5.32 Å². The van der Waals surface area contributed by atoms with Crippen molar-refractivity contribution in [3.63, 3.8) is 0 Å². The van der Waals surface area contributed by atoms with Crippen LogP contribution in [0.15, 0.2) is 6.07 Å². The molecule has 2 aromatic rings. The number of rotatable bonds is 4. The lowest BCUT2D eigenvalue weighted by molar-refractivity contribution is -0.121. The van der Waals surface area contributed by atoms with Gasteiger partial charge in [0.15, 0.2) is 0 Å². The maximum Gasteiger partial charge on any atom is 0.241 e. The quantitative estimate of drug-likeness (QED) is 0.892. The Balaban J connectivity index is 1.67. The van der Waals surface area contributed by atoms with Gasteiger partial charge in [0.2, 0.25) is 5.91 Å². The minimum absolute atomic E-state index is 0.0260. The summed E-state index contributed by atoms with van der Waals surface area (Å²) < 4.78 is 1.80. The first-order valence-corrected chi connectivity index (χ1v) is 8.93. The van der Waals surface area contributed by atoms with E-state index in [1.54, 1.807) is 4.68 Å². The molecule has 2 atom stereocenters. The zero-order valence-electron chi connectivity index (χ0n) is 15.8. The summed E-state index contributed by atoms with van der Waals surface area (Å²) in [7, 11) is 1.89. The Morgan fingerprint density at radius 1 is 1.40 bits per heavy atom. The fourth-order valence-corrected chi connectivity index (χ4v) is 3.60. The van der Waals surface area contributed by atoms with E-state index in [0.29, 0.717) is 5.92 Å². The highest BCUT2D eigenvalue weighted by atomic mass is 16.2. The number of likely N-dealkylation sites (tertiary alicyclic amines) is 1. The first-order chi connectivity index (χ1) is 11.9. The first-order valence-electron chi connectivity index (χ1n) is 8.93. The summed E-state index contributed by atoms with van der Waals surface area (Å²) in [4.78, 5) is 15.0. The van der Waals surface area contributed by atoms with E-state index in [1.165, 1.54) is 0 Å². The monoisotopic (exact) mass is 344 g/mol. The molecule has 3 heterocycles. The summed E-state index contributed by atoms with van der Waals surface area (Å²) in [6, 6.07) is 1.93. The molecule has 0 aliphatic carbocycles. The number of carbonyl (C=O) groups excluding carboxylic acids is 1. The number of hydrogen-bond donors (Lipinski definition) is 2. The molecule has 1 amide bonds. The van der Waals surface area contributed by atoms with Crippen molar-refractivity contribution >= 4 is 11.6 Å². The molecular weight excluding hydrogens is 316 g/mol. The van der Waals surface area contributed by atoms with Gasteiger partial charge in [-0.3, -0.25) is 19.5 Å². The van der Waals surface area contributed by atoms with Crippen molar-refractivity contribution in [3.8, 4) is 0 Å². The van der Waals surface area contributed by atoms with Gasteiger partial charge in [-0.2, -0.15) is 10.2 Å². The Labute approximate surface area is 148 Å². The molecule has 25 heavy (non-hydrogen) atoms. The minimum atomic E-state index is -0.179. The number of aryl methyl sites for hydroxylation is 3. The third-order valence-corrected chi connectivity index (χ3v) is 5.28. The Bertz CT molecular complexity index is 762. The number of aromatic amines is 1. The molecule has 2 N–H and O–H groups in total. The number of aromatic nitrogens is 4. The van der Waals surface area contributed by atoms with E-state index in [4.69, 9.17) is 0 Å². The number of H-pyrrole nitrogens is 1. The van der Waals surface area contributed by atoms with Crippen LogP contribution < -0.4 is 5.32 Å². The SMILES string of the molecule is Cc1cc([C@H]2CCCN([C@H](C)C(=O)Nc3c(C)nn(C)c3C)C2)n[nH]1. The van der Waals surface area contributed by atoms with E-state index in [2.05, 4.69) is 31.6 Å². The van der Waals surface area contributed by atoms with Gasteiger partial charge in [0, 0.05) is 25.2 Å². The average Bonchev–Trinajstić information content (AvgIpc) is 3.13. The van der Waals surface area contributed by atoms with Crippen molar-refractivity contribution in [1.82, 2.24) is 24.9 Å². The normalized spacial score (nSPS) is 19.8. The second kappa shape index (κ2) is 7.00. The van der Waals surface area contributed by atoms with Gasteiger partial charge in [-0.1, -0.05) is 0 Å². The second-order valence-electron chi connectivity index (χ2n) is 7.14. The van der Waals surface area contributed by atoms with E-state index in [-0.39, 0.29) is 11.9 Å². The van der Waals surface area contributed by atoms with E-state index in [9.17, 15) is 4.79 Å². The lowest BCUT2D eigenvalue weighted by Crippen LogP contribution is -2.46. The molecule has 0 unspecified atom stereocenters. The van der Waals surface area contributed by atoms with Gasteiger partial charge in [-0.05, 0) is 53.1 Å². The fraction of sp³-hybridized carbons (Fsp3) is 0.611. The smallest absolute Gasteiger partial charge is 0.241 e. The van der Waals surface area contributed by atoms with Gasteiger partial charge >= 0.3 is 0 Å². The van der Waals surface area contributed by atoms with Gasteiger partial charge in [0.1, 0.15) is 0 Å². The molecule has 7 nitrogen and oxygen atoms in total. The minimum Gasteiger partial charge on any atom is -0.322 e. The van der Waals surface area contributed by atoms with Crippen LogP contribution >= 0.6 is 0 Å². The second-order valence-corrected chi connectivity index (χ2v) is 7.14. The van der Waals surface area contributed by atoms with Crippen LogP contribution in [0.1, 0.15) is 48.5 Å². The molecule has 1 fully saturated rings. The molecule has 0 spiro atoms. The number of nitrogens with zero attached hydrogens (tertiary/aromatic N) is 4. The standard InChI is InChI=1S/C18H28N6O/c1-11-9-16(21-20-11)15-7-6-8-24(10-15)14(4)18(25)19-17-12(2)22-23(5)13(17)3/h9,14-15H,6-8,10H2,1-5H3,(H,19,25)(H,20,21)/t14-,15+/m1/s1. The largest absolute Gasteiger partial charge is 0.322 e. The predicted octanol–water partition coefficient (Wildman–Crippen LogP) is 2.28. The number of piperidine rings is 1. The van der Waals surface area contributed by atoms with Crippen molar-refractivity contribution in [2.24, 2.45) is 7.05 Å². The summed E-state index contributed by atoms with van der Waals surface area (Å²) in [6.45, 7) is 9.70. The summed E-state index contributed by atoms with van der Waals surface area (Å²) in [5, 5.41) is 14.9. The van der Waals surface area contributed by atoms with Gasteiger partial charge in [0.05, 0.1) is 28.8 Å². The van der Waals surface area contributed by atoms with E-state index >= 15 is 0 Å². The van der Waals surface area contributed by atoms with Crippen LogP contribution in [0.25, 0.3) is 0 Å². The van der Waals surface area contributed by atoms with Gasteiger partial charge in [-0.25, -0.2) is 0 Å². The van der Waals surface area contributed by atoms with Crippen molar-refractivity contribution in [2.75, 3.05) is 18.4 Å². The Morgan fingerprint density at radius 2 is 2.16 bits per heavy atom. The van der Waals surface area contributed by atoms with Crippen LogP contribution in [0.3, 0.4) is 0 Å². The van der Waals surface area contributed by atoms with E-state index < -0.39 is 0 Å². The highest BCUT2D eigenvalue weighted by Gasteiger charge is 2.29. The highest BCUT2D eigenvalue weighted by molar-refractivity contribution is 5.95. The molecule has 0 radical (unpaired) electrons. The number of anilines is 1. The van der Waals surface area contributed by atoms with Crippen LogP contribution in [0.5, 0.6) is 0 Å². The molecule has 0 saturated carbocycles. The van der Waals surface area contributed by atoms with Crippen LogP contribution in [0.2, 0.25) is 0 Å². The fourth-order valence-electron chi connectivity index (χ4n) is 3.60. The van der Waals surface area contributed by atoms with Crippen molar-refractivity contribution < 1.29 is 4.79 Å². The Hall–Kier alpha value is -2.15. The molecule has 136 valence electrons. The summed E-state index contributed by atoms with van der Waals surface area (Å²) in [6.07, 6.45) is 2.20. The molecule has 1 aliphatic rings. The molecule has 0 aromatic carbocycles. The van der Waals surface area contributed by atoms with Gasteiger partial charge in [0.25, 0.3) is 0 Å². The summed E-state index contributed by atoms with van der Waals surface area (Å²) in [5.74, 6) is 0.411. The van der Waals surface area contributed by atoms with Gasteiger partial charge in [-0.15, -0.1) is 0 Å². The molecule has 0 bridgehead atoms. The number of nitrogens with one attached hydrogen (secondary N) is 2. The highest BCUT2D eigenvalue weighted by Crippen LogP contribution is 2.27. The van der Waals surface area contributed by atoms with Crippen LogP contribution in [-0.4, -0.2) is 49.9 Å². The van der Waals surface area contributed by atoms with Crippen molar-refractivity contribution in [2.45, 2.75) is 52.5 Å². The summed E-state index contributed by atoms with van der Waals surface area (Å²) >= 11 is 0. The maximum atomic E-state index is 12.8. The molecule has 7 heteroatoms. The third-order valence-electron chi connectivity index (χ3n) is 5.28. The molecule has 1 aliphatic heterocycles. The lowest BCUT2D eigenvalue weighted by Gasteiger charge is -2.35. The molecule has 3 rings (SSSR count). The van der Waals surface area contributed by atoms with Crippen molar-refractivity contribution in [3.05, 3.63) is 28.8 Å². The van der Waals surface area contributed by atoms with Crippen LogP contribution in [-0.2, 0) is 11.8 Å². The van der Waals surface area contributed by atoms with Crippen molar-refractivity contribution in [1.29, 1.82) is 0 Å². The third kappa shape index (κ3) is 3.61. The Morgan fingerprint density at radius 3 is 2.76 bits per heavy atom. The average molecular weight is 344 g/mol. The molecular formula is C18H28N6O.